The first-order valence-electron chi connectivity index (χ1n) is 9.02. The van der Waals surface area contributed by atoms with Crippen LogP contribution in [-0.4, -0.2) is 35.9 Å². The molecule has 2 unspecified atom stereocenters. The van der Waals surface area contributed by atoms with E-state index < -0.39 is 12.1 Å². The molecule has 9 heteroatoms. The highest BCUT2D eigenvalue weighted by atomic mass is 35.5. The Morgan fingerprint density at radius 3 is 2.17 bits per heavy atom. The van der Waals surface area contributed by atoms with Gasteiger partial charge in [-0.1, -0.05) is 54.9 Å². The predicted octanol–water partition coefficient (Wildman–Crippen LogP) is 4.71. The lowest BCUT2D eigenvalue weighted by atomic mass is 9.94. The SMILES string of the molecule is CCOC(=O)C(C)C(N)Cc1ccc(-c2cccc(Cl)c2)cc1.O=C(O)C(F)(F)F. The normalized spacial score (nSPS) is 12.9. The second-order valence-electron chi connectivity index (χ2n) is 6.42. The summed E-state index contributed by atoms with van der Waals surface area (Å²) in [5.41, 5.74) is 9.41. The summed E-state index contributed by atoms with van der Waals surface area (Å²) in [7, 11) is 0. The van der Waals surface area contributed by atoms with Gasteiger partial charge in [0.15, 0.2) is 0 Å². The molecular formula is C21H23ClF3NO4. The van der Waals surface area contributed by atoms with Crippen molar-refractivity contribution in [1.82, 2.24) is 0 Å². The maximum absolute atomic E-state index is 11.7. The highest BCUT2D eigenvalue weighted by molar-refractivity contribution is 6.30. The average molecular weight is 446 g/mol. The summed E-state index contributed by atoms with van der Waals surface area (Å²) in [6.45, 7) is 3.98. The Labute approximate surface area is 177 Å². The lowest BCUT2D eigenvalue weighted by Crippen LogP contribution is -2.36. The van der Waals surface area contributed by atoms with Gasteiger partial charge in [-0.15, -0.1) is 0 Å². The Morgan fingerprint density at radius 1 is 1.13 bits per heavy atom. The second kappa shape index (κ2) is 11.6. The molecule has 0 aromatic heterocycles. The van der Waals surface area contributed by atoms with Crippen LogP contribution in [0.4, 0.5) is 13.2 Å². The fraction of sp³-hybridized carbons (Fsp3) is 0.333. The standard InChI is InChI=1S/C19H22ClNO2.C2HF3O2/c1-3-23-19(22)13(2)18(21)11-14-7-9-15(10-8-14)16-5-4-6-17(20)12-16;3-2(4,5)1(6)7/h4-10,12-13,18H,3,11,21H2,1-2H3;(H,6,7). The minimum absolute atomic E-state index is 0.240. The Hall–Kier alpha value is -2.58. The van der Waals surface area contributed by atoms with Crippen molar-refractivity contribution >= 4 is 23.5 Å². The van der Waals surface area contributed by atoms with Gasteiger partial charge in [-0.2, -0.15) is 13.2 Å². The largest absolute Gasteiger partial charge is 0.490 e. The third kappa shape index (κ3) is 8.42. The molecule has 0 aliphatic rings. The molecule has 5 nitrogen and oxygen atoms in total. The highest BCUT2D eigenvalue weighted by Crippen LogP contribution is 2.23. The fourth-order valence-electron chi connectivity index (χ4n) is 2.40. The second-order valence-corrected chi connectivity index (χ2v) is 6.86. The lowest BCUT2D eigenvalue weighted by Gasteiger charge is -2.18. The average Bonchev–Trinajstić information content (AvgIpc) is 2.68. The Morgan fingerprint density at radius 2 is 1.70 bits per heavy atom. The van der Waals surface area contributed by atoms with Gasteiger partial charge >= 0.3 is 18.1 Å². The van der Waals surface area contributed by atoms with Crippen molar-refractivity contribution in [3.63, 3.8) is 0 Å². The van der Waals surface area contributed by atoms with E-state index in [1.807, 2.05) is 55.5 Å². The van der Waals surface area contributed by atoms with Crippen LogP contribution >= 0.6 is 11.6 Å². The Bertz CT molecular complexity index is 841. The number of ether oxygens (including phenoxy) is 1. The number of rotatable bonds is 6. The molecule has 2 aromatic rings. The van der Waals surface area contributed by atoms with E-state index in [1.165, 1.54) is 0 Å². The maximum Gasteiger partial charge on any atom is 0.490 e. The van der Waals surface area contributed by atoms with Crippen LogP contribution in [0, 0.1) is 5.92 Å². The van der Waals surface area contributed by atoms with Crippen LogP contribution in [0.15, 0.2) is 48.5 Å². The smallest absolute Gasteiger partial charge is 0.475 e. The van der Waals surface area contributed by atoms with Crippen molar-refractivity contribution in [1.29, 1.82) is 0 Å². The van der Waals surface area contributed by atoms with Crippen molar-refractivity contribution in [3.05, 3.63) is 59.1 Å². The summed E-state index contributed by atoms with van der Waals surface area (Å²) in [4.78, 5) is 20.6. The van der Waals surface area contributed by atoms with Crippen LogP contribution in [-0.2, 0) is 20.7 Å². The van der Waals surface area contributed by atoms with Crippen LogP contribution in [0.2, 0.25) is 5.02 Å². The molecule has 30 heavy (non-hydrogen) atoms. The minimum atomic E-state index is -5.08. The first-order chi connectivity index (χ1) is 14.0. The van der Waals surface area contributed by atoms with E-state index in [9.17, 15) is 18.0 Å². The summed E-state index contributed by atoms with van der Waals surface area (Å²) in [6, 6.07) is 15.7. The summed E-state index contributed by atoms with van der Waals surface area (Å²) in [5, 5.41) is 7.84. The van der Waals surface area contributed by atoms with Gasteiger partial charge in [0.2, 0.25) is 0 Å². The van der Waals surface area contributed by atoms with Crippen molar-refractivity contribution in [3.8, 4) is 11.1 Å². The number of nitrogens with two attached hydrogens (primary N) is 1. The van der Waals surface area contributed by atoms with E-state index >= 15 is 0 Å². The number of hydrogen-bond donors (Lipinski definition) is 2. The molecule has 2 aromatic carbocycles. The van der Waals surface area contributed by atoms with Gasteiger partial charge in [-0.3, -0.25) is 4.79 Å². The summed E-state index contributed by atoms with van der Waals surface area (Å²) in [5.74, 6) is -3.31. The molecule has 0 saturated carbocycles. The van der Waals surface area contributed by atoms with Crippen molar-refractivity contribution in [2.75, 3.05) is 6.61 Å². The summed E-state index contributed by atoms with van der Waals surface area (Å²) in [6.07, 6.45) is -4.45. The zero-order valence-corrected chi connectivity index (χ0v) is 17.2. The van der Waals surface area contributed by atoms with Gasteiger partial charge in [0.05, 0.1) is 12.5 Å². The number of alkyl halides is 3. The van der Waals surface area contributed by atoms with E-state index in [0.29, 0.717) is 13.0 Å². The van der Waals surface area contributed by atoms with Gasteiger partial charge in [0, 0.05) is 11.1 Å². The number of carbonyl (C=O) groups excluding carboxylic acids is 1. The molecule has 3 N–H and O–H groups in total. The molecule has 0 aliphatic carbocycles. The molecule has 0 heterocycles. The Kier molecular flexibility index (Phi) is 9.81. The van der Waals surface area contributed by atoms with Crippen LogP contribution in [0.5, 0.6) is 0 Å². The molecule has 2 atom stereocenters. The van der Waals surface area contributed by atoms with Crippen LogP contribution in [0.3, 0.4) is 0 Å². The third-order valence-electron chi connectivity index (χ3n) is 4.13. The van der Waals surface area contributed by atoms with Gasteiger partial charge in [0.1, 0.15) is 0 Å². The Balaban J connectivity index is 0.000000553. The molecule has 164 valence electrons. The molecule has 0 fully saturated rings. The van der Waals surface area contributed by atoms with Crippen LogP contribution in [0.25, 0.3) is 11.1 Å². The van der Waals surface area contributed by atoms with Gasteiger partial charge < -0.3 is 15.6 Å². The quantitative estimate of drug-likeness (QED) is 0.628. The van der Waals surface area contributed by atoms with E-state index in [4.69, 9.17) is 32.0 Å². The van der Waals surface area contributed by atoms with Crippen molar-refractivity contribution < 1.29 is 32.6 Å². The number of carboxylic acids is 1. The van der Waals surface area contributed by atoms with Gasteiger partial charge in [-0.05, 0) is 42.2 Å². The molecule has 0 spiro atoms. The number of carboxylic acid groups (broad SMARTS) is 1. The van der Waals surface area contributed by atoms with Crippen LogP contribution in [0.1, 0.15) is 19.4 Å². The van der Waals surface area contributed by atoms with Crippen molar-refractivity contribution in [2.24, 2.45) is 11.7 Å². The van der Waals surface area contributed by atoms with Crippen molar-refractivity contribution in [2.45, 2.75) is 32.5 Å². The lowest BCUT2D eigenvalue weighted by molar-refractivity contribution is -0.192. The zero-order chi connectivity index (χ0) is 22.9. The summed E-state index contributed by atoms with van der Waals surface area (Å²) >= 11 is 6.02. The number of esters is 1. The minimum Gasteiger partial charge on any atom is -0.475 e. The van der Waals surface area contributed by atoms with Gasteiger partial charge in [-0.25, -0.2) is 4.79 Å². The first-order valence-corrected chi connectivity index (χ1v) is 9.40. The molecule has 0 saturated heterocycles. The number of hydrogen-bond acceptors (Lipinski definition) is 4. The zero-order valence-electron chi connectivity index (χ0n) is 16.4. The van der Waals surface area contributed by atoms with E-state index in [1.54, 1.807) is 6.92 Å². The van der Waals surface area contributed by atoms with E-state index in [0.717, 1.165) is 21.7 Å². The van der Waals surface area contributed by atoms with E-state index in [-0.39, 0.29) is 17.9 Å². The molecular weight excluding hydrogens is 423 g/mol. The van der Waals surface area contributed by atoms with Crippen LogP contribution < -0.4 is 5.73 Å². The monoisotopic (exact) mass is 445 g/mol. The first kappa shape index (κ1) is 25.5. The maximum atomic E-state index is 11.7. The molecule has 0 aliphatic heterocycles. The number of halogens is 4. The molecule has 0 amide bonds. The predicted molar refractivity (Wildman–Crippen MR) is 108 cm³/mol. The topological polar surface area (TPSA) is 89.6 Å². The summed E-state index contributed by atoms with van der Waals surface area (Å²) < 4.78 is 36.8. The highest BCUT2D eigenvalue weighted by Gasteiger charge is 2.38. The number of aliphatic carboxylic acids is 1. The number of carbonyl (C=O) groups is 2. The number of benzene rings is 2. The molecule has 2 rings (SSSR count). The fourth-order valence-corrected chi connectivity index (χ4v) is 2.59. The molecule has 0 bridgehead atoms. The molecule has 0 radical (unpaired) electrons. The van der Waals surface area contributed by atoms with Gasteiger partial charge in [0.25, 0.3) is 0 Å². The third-order valence-corrected chi connectivity index (χ3v) is 4.36. The van der Waals surface area contributed by atoms with E-state index in [2.05, 4.69) is 0 Å².